The average Bonchev–Trinajstić information content (AvgIpc) is 2.26. The van der Waals surface area contributed by atoms with Gasteiger partial charge in [0.25, 0.3) is 0 Å². The second kappa shape index (κ2) is 6.38. The molecule has 0 bridgehead atoms. The van der Waals surface area contributed by atoms with E-state index in [1.165, 1.54) is 0 Å². The maximum atomic E-state index is 11.8. The number of aromatic nitrogens is 1. The molecule has 0 spiro atoms. The largest absolute Gasteiger partial charge is 0.330 e. The molecule has 16 heavy (non-hydrogen) atoms. The van der Waals surface area contributed by atoms with Gasteiger partial charge in [-0.25, -0.2) is 0 Å². The van der Waals surface area contributed by atoms with E-state index in [1.54, 1.807) is 12.4 Å². The number of Topliss-reactive ketones (excluding diaryl/α,β-unsaturated/α-hetero) is 1. The molecule has 88 valence electrons. The van der Waals surface area contributed by atoms with Gasteiger partial charge in [0.05, 0.1) is 0 Å². The summed E-state index contributed by atoms with van der Waals surface area (Å²) >= 11 is 0. The summed E-state index contributed by atoms with van der Waals surface area (Å²) in [6, 6.07) is 1.89. The molecule has 1 rings (SSSR count). The number of pyridine rings is 1. The molecule has 2 N–H and O–H groups in total. The first-order valence-electron chi connectivity index (χ1n) is 5.78. The van der Waals surface area contributed by atoms with Crippen LogP contribution >= 0.6 is 0 Å². The average molecular weight is 220 g/mol. The molecule has 1 atom stereocenters. The van der Waals surface area contributed by atoms with E-state index in [1.807, 2.05) is 13.0 Å². The van der Waals surface area contributed by atoms with Crippen LogP contribution in [0.15, 0.2) is 18.5 Å². The van der Waals surface area contributed by atoms with Crippen molar-refractivity contribution in [3.63, 3.8) is 0 Å². The van der Waals surface area contributed by atoms with Gasteiger partial charge in [-0.05, 0) is 43.9 Å². The predicted octanol–water partition coefficient (Wildman–Crippen LogP) is 2.34. The molecule has 0 aromatic carbocycles. The Balaban J connectivity index is 2.47. The van der Waals surface area contributed by atoms with E-state index in [2.05, 4.69) is 11.9 Å². The zero-order chi connectivity index (χ0) is 12.0. The number of ketones is 1. The van der Waals surface area contributed by atoms with Gasteiger partial charge < -0.3 is 5.73 Å². The number of carbonyl (C=O) groups is 1. The Labute approximate surface area is 97.1 Å². The topological polar surface area (TPSA) is 56.0 Å². The van der Waals surface area contributed by atoms with Gasteiger partial charge in [0.2, 0.25) is 0 Å². The van der Waals surface area contributed by atoms with Crippen LogP contribution in [0.1, 0.15) is 42.1 Å². The lowest BCUT2D eigenvalue weighted by Gasteiger charge is -2.08. The fourth-order valence-electron chi connectivity index (χ4n) is 1.66. The van der Waals surface area contributed by atoms with E-state index in [0.29, 0.717) is 18.9 Å². The summed E-state index contributed by atoms with van der Waals surface area (Å²) in [6.45, 7) is 4.77. The first kappa shape index (κ1) is 12.8. The standard InChI is InChI=1S/C13H20N2O/c1-10(5-6-14)3-4-13(16)12-7-11(2)8-15-9-12/h7-10H,3-6,14H2,1-2H3. The van der Waals surface area contributed by atoms with E-state index in [4.69, 9.17) is 5.73 Å². The third-order valence-corrected chi connectivity index (χ3v) is 2.72. The second-order valence-corrected chi connectivity index (χ2v) is 4.40. The third kappa shape index (κ3) is 4.11. The molecule has 0 radical (unpaired) electrons. The van der Waals surface area contributed by atoms with Gasteiger partial charge in [-0.3, -0.25) is 9.78 Å². The van der Waals surface area contributed by atoms with Gasteiger partial charge in [-0.15, -0.1) is 0 Å². The van der Waals surface area contributed by atoms with Gasteiger partial charge in [-0.1, -0.05) is 6.92 Å². The molecule has 1 heterocycles. The summed E-state index contributed by atoms with van der Waals surface area (Å²) in [4.78, 5) is 15.9. The number of rotatable bonds is 6. The minimum absolute atomic E-state index is 0.181. The van der Waals surface area contributed by atoms with Crippen LogP contribution in [-0.2, 0) is 0 Å². The van der Waals surface area contributed by atoms with E-state index >= 15 is 0 Å². The lowest BCUT2D eigenvalue weighted by atomic mass is 9.98. The minimum Gasteiger partial charge on any atom is -0.330 e. The summed E-state index contributed by atoms with van der Waals surface area (Å²) in [6.07, 6.45) is 5.88. The van der Waals surface area contributed by atoms with Crippen LogP contribution in [0.25, 0.3) is 0 Å². The molecule has 0 aliphatic carbocycles. The molecule has 0 fully saturated rings. The van der Waals surface area contributed by atoms with Crippen LogP contribution in [0.3, 0.4) is 0 Å². The Morgan fingerprint density at radius 2 is 2.19 bits per heavy atom. The Morgan fingerprint density at radius 3 is 2.81 bits per heavy atom. The maximum absolute atomic E-state index is 11.8. The van der Waals surface area contributed by atoms with Crippen LogP contribution in [0, 0.1) is 12.8 Å². The number of aryl methyl sites for hydroxylation is 1. The van der Waals surface area contributed by atoms with E-state index in [9.17, 15) is 4.79 Å². The van der Waals surface area contributed by atoms with Crippen LogP contribution in [0.5, 0.6) is 0 Å². The molecule has 1 aromatic rings. The molecule has 0 saturated heterocycles. The van der Waals surface area contributed by atoms with E-state index < -0.39 is 0 Å². The fourth-order valence-corrected chi connectivity index (χ4v) is 1.66. The summed E-state index contributed by atoms with van der Waals surface area (Å²) in [7, 11) is 0. The molecule has 3 nitrogen and oxygen atoms in total. The summed E-state index contributed by atoms with van der Waals surface area (Å²) in [5.74, 6) is 0.701. The minimum atomic E-state index is 0.181. The molecule has 0 aliphatic rings. The van der Waals surface area contributed by atoms with Crippen LogP contribution in [-0.4, -0.2) is 17.3 Å². The Kier molecular flexibility index (Phi) is 5.12. The quantitative estimate of drug-likeness (QED) is 0.749. The van der Waals surface area contributed by atoms with E-state index in [0.717, 1.165) is 24.0 Å². The van der Waals surface area contributed by atoms with Gasteiger partial charge in [0.1, 0.15) is 0 Å². The number of hydrogen-bond acceptors (Lipinski definition) is 3. The van der Waals surface area contributed by atoms with Crippen LogP contribution in [0.2, 0.25) is 0 Å². The maximum Gasteiger partial charge on any atom is 0.164 e. The SMILES string of the molecule is Cc1cncc(C(=O)CCC(C)CCN)c1. The first-order chi connectivity index (χ1) is 7.63. The van der Waals surface area contributed by atoms with Gasteiger partial charge in [0, 0.05) is 24.4 Å². The monoisotopic (exact) mass is 220 g/mol. The Morgan fingerprint density at radius 1 is 1.44 bits per heavy atom. The highest BCUT2D eigenvalue weighted by Gasteiger charge is 2.09. The number of hydrogen-bond donors (Lipinski definition) is 1. The van der Waals surface area contributed by atoms with Crippen LogP contribution in [0.4, 0.5) is 0 Å². The Hall–Kier alpha value is -1.22. The zero-order valence-electron chi connectivity index (χ0n) is 10.1. The molecule has 3 heteroatoms. The van der Waals surface area contributed by atoms with Crippen molar-refractivity contribution in [1.29, 1.82) is 0 Å². The predicted molar refractivity (Wildman–Crippen MR) is 65.4 cm³/mol. The lowest BCUT2D eigenvalue weighted by Crippen LogP contribution is -2.08. The highest BCUT2D eigenvalue weighted by molar-refractivity contribution is 5.95. The van der Waals surface area contributed by atoms with Crippen molar-refractivity contribution in [2.45, 2.75) is 33.1 Å². The summed E-state index contributed by atoms with van der Waals surface area (Å²) < 4.78 is 0. The summed E-state index contributed by atoms with van der Waals surface area (Å²) in [5, 5.41) is 0. The fraction of sp³-hybridized carbons (Fsp3) is 0.538. The third-order valence-electron chi connectivity index (χ3n) is 2.72. The highest BCUT2D eigenvalue weighted by Crippen LogP contribution is 2.13. The molecule has 0 amide bonds. The highest BCUT2D eigenvalue weighted by atomic mass is 16.1. The number of nitrogens with zero attached hydrogens (tertiary/aromatic N) is 1. The first-order valence-corrected chi connectivity index (χ1v) is 5.78. The van der Waals surface area contributed by atoms with Crippen molar-refractivity contribution in [3.8, 4) is 0 Å². The van der Waals surface area contributed by atoms with Crippen molar-refractivity contribution >= 4 is 5.78 Å². The lowest BCUT2D eigenvalue weighted by molar-refractivity contribution is 0.0973. The van der Waals surface area contributed by atoms with E-state index in [-0.39, 0.29) is 5.78 Å². The molecule has 1 aromatic heterocycles. The van der Waals surface area contributed by atoms with Crippen LogP contribution < -0.4 is 5.73 Å². The van der Waals surface area contributed by atoms with Gasteiger partial charge in [0.15, 0.2) is 5.78 Å². The van der Waals surface area contributed by atoms with Crippen molar-refractivity contribution < 1.29 is 4.79 Å². The molecule has 0 aliphatic heterocycles. The van der Waals surface area contributed by atoms with Gasteiger partial charge in [-0.2, -0.15) is 0 Å². The zero-order valence-corrected chi connectivity index (χ0v) is 10.1. The van der Waals surface area contributed by atoms with Gasteiger partial charge >= 0.3 is 0 Å². The smallest absolute Gasteiger partial charge is 0.164 e. The van der Waals surface area contributed by atoms with Crippen molar-refractivity contribution in [1.82, 2.24) is 4.98 Å². The normalized spacial score (nSPS) is 12.4. The molecular weight excluding hydrogens is 200 g/mol. The summed E-state index contributed by atoms with van der Waals surface area (Å²) in [5.41, 5.74) is 7.22. The molecule has 1 unspecified atom stereocenters. The number of nitrogens with two attached hydrogens (primary N) is 1. The number of carbonyl (C=O) groups excluding carboxylic acids is 1. The van der Waals surface area contributed by atoms with Crippen molar-refractivity contribution in [2.24, 2.45) is 11.7 Å². The molecular formula is C13H20N2O. The van der Waals surface area contributed by atoms with Crippen molar-refractivity contribution in [3.05, 3.63) is 29.6 Å². The second-order valence-electron chi connectivity index (χ2n) is 4.40. The Bertz CT molecular complexity index is 350. The van der Waals surface area contributed by atoms with Crippen molar-refractivity contribution in [2.75, 3.05) is 6.54 Å². The molecule has 0 saturated carbocycles.